The van der Waals surface area contributed by atoms with Gasteiger partial charge in [0.2, 0.25) is 5.52 Å². The Bertz CT molecular complexity index is 497. The molecule has 15 heavy (non-hydrogen) atoms. The van der Waals surface area contributed by atoms with Gasteiger partial charge in [0, 0.05) is 6.07 Å². The van der Waals surface area contributed by atoms with Crippen LogP contribution in [-0.4, -0.2) is 11.6 Å². The van der Waals surface area contributed by atoms with Crippen molar-refractivity contribution in [1.82, 2.24) is 4.98 Å². The molecule has 1 heterocycles. The van der Waals surface area contributed by atoms with E-state index in [0.717, 1.165) is 4.73 Å². The van der Waals surface area contributed by atoms with Gasteiger partial charge in [-0.15, -0.1) is 4.73 Å². The van der Waals surface area contributed by atoms with Gasteiger partial charge in [0.05, 0.1) is 6.61 Å². The fraction of sp³-hybridized carbons (Fsp3) is 0.273. The van der Waals surface area contributed by atoms with Crippen LogP contribution in [0.1, 0.15) is 12.6 Å². The summed E-state index contributed by atoms with van der Waals surface area (Å²) in [6, 6.07) is 7.21. The van der Waals surface area contributed by atoms with Gasteiger partial charge in [-0.25, -0.2) is 4.98 Å². The Morgan fingerprint density at radius 1 is 1.40 bits per heavy atom. The lowest BCUT2D eigenvalue weighted by Crippen LogP contribution is -2.31. The molecule has 1 aromatic carbocycles. The number of aryl methyl sites for hydroxylation is 1. The van der Waals surface area contributed by atoms with Crippen LogP contribution in [0.3, 0.4) is 0 Å². The summed E-state index contributed by atoms with van der Waals surface area (Å²) in [4.78, 5) is 4.31. The second-order valence-corrected chi connectivity index (χ2v) is 3.22. The van der Waals surface area contributed by atoms with Gasteiger partial charge in [-0.2, -0.15) is 0 Å². The van der Waals surface area contributed by atoms with Crippen molar-refractivity contribution in [2.75, 3.05) is 6.61 Å². The number of aromatic nitrogens is 2. The molecule has 4 nitrogen and oxygen atoms in total. The van der Waals surface area contributed by atoms with E-state index < -0.39 is 0 Å². The molecule has 0 unspecified atom stereocenters. The summed E-state index contributed by atoms with van der Waals surface area (Å²) in [6.07, 6.45) is 0. The molecule has 2 rings (SSSR count). The van der Waals surface area contributed by atoms with Gasteiger partial charge in [-0.1, -0.05) is 12.1 Å². The second-order valence-electron chi connectivity index (χ2n) is 3.22. The van der Waals surface area contributed by atoms with Gasteiger partial charge in [-0.3, -0.25) is 0 Å². The summed E-state index contributed by atoms with van der Waals surface area (Å²) in [5, 5.41) is 11.9. The Morgan fingerprint density at radius 2 is 2.13 bits per heavy atom. The largest absolute Gasteiger partial charge is 0.615 e. The Balaban J connectivity index is 2.72. The number of benzene rings is 1. The Morgan fingerprint density at radius 3 is 2.87 bits per heavy atom. The SMILES string of the molecule is CCOc1c(C)nc2ccccc2[n+]1[O-]. The molecule has 0 fully saturated rings. The average molecular weight is 204 g/mol. The van der Waals surface area contributed by atoms with Crippen molar-refractivity contribution >= 4 is 11.0 Å². The number of hydrogen-bond acceptors (Lipinski definition) is 3. The van der Waals surface area contributed by atoms with E-state index in [1.807, 2.05) is 25.1 Å². The van der Waals surface area contributed by atoms with Gasteiger partial charge in [0.25, 0.3) is 0 Å². The first-order chi connectivity index (χ1) is 7.24. The van der Waals surface area contributed by atoms with Crippen LogP contribution in [0, 0.1) is 12.1 Å². The number of fused-ring (bicyclic) bond motifs is 1. The van der Waals surface area contributed by atoms with E-state index in [1.54, 1.807) is 13.0 Å². The molecule has 0 radical (unpaired) electrons. The van der Waals surface area contributed by atoms with Crippen LogP contribution in [0.15, 0.2) is 24.3 Å². The predicted molar refractivity (Wildman–Crippen MR) is 56.6 cm³/mol. The number of rotatable bonds is 2. The second kappa shape index (κ2) is 3.73. The van der Waals surface area contributed by atoms with Crippen molar-refractivity contribution in [2.24, 2.45) is 0 Å². The minimum absolute atomic E-state index is 0.288. The van der Waals surface area contributed by atoms with Crippen LogP contribution in [0.25, 0.3) is 11.0 Å². The van der Waals surface area contributed by atoms with Crippen molar-refractivity contribution in [1.29, 1.82) is 0 Å². The van der Waals surface area contributed by atoms with E-state index in [-0.39, 0.29) is 5.88 Å². The highest BCUT2D eigenvalue weighted by molar-refractivity contribution is 5.71. The van der Waals surface area contributed by atoms with E-state index in [1.165, 1.54) is 0 Å². The van der Waals surface area contributed by atoms with Gasteiger partial charge in [0.15, 0.2) is 5.69 Å². The van der Waals surface area contributed by atoms with E-state index in [2.05, 4.69) is 4.98 Å². The van der Waals surface area contributed by atoms with Gasteiger partial charge in [0.1, 0.15) is 5.52 Å². The molecule has 0 saturated carbocycles. The summed E-state index contributed by atoms with van der Waals surface area (Å²) in [5.74, 6) is 0.288. The lowest BCUT2D eigenvalue weighted by molar-refractivity contribution is -0.586. The monoisotopic (exact) mass is 204 g/mol. The molecule has 0 aliphatic carbocycles. The van der Waals surface area contributed by atoms with E-state index in [4.69, 9.17) is 4.74 Å². The molecule has 0 N–H and O–H groups in total. The van der Waals surface area contributed by atoms with Gasteiger partial charge < -0.3 is 9.94 Å². The maximum absolute atomic E-state index is 11.9. The zero-order valence-corrected chi connectivity index (χ0v) is 8.73. The molecule has 78 valence electrons. The number of hydrogen-bond donors (Lipinski definition) is 0. The number of ether oxygens (including phenoxy) is 1. The molecule has 1 aromatic heterocycles. The van der Waals surface area contributed by atoms with Crippen molar-refractivity contribution in [3.8, 4) is 5.88 Å². The van der Waals surface area contributed by atoms with Crippen molar-refractivity contribution in [3.05, 3.63) is 35.2 Å². The summed E-state index contributed by atoms with van der Waals surface area (Å²) in [7, 11) is 0. The molecule has 0 atom stereocenters. The topological polar surface area (TPSA) is 49.1 Å². The molecule has 4 heteroatoms. The summed E-state index contributed by atoms with van der Waals surface area (Å²) in [6.45, 7) is 4.07. The van der Waals surface area contributed by atoms with Crippen LogP contribution in [0.5, 0.6) is 5.88 Å². The van der Waals surface area contributed by atoms with Crippen molar-refractivity contribution < 1.29 is 9.47 Å². The molecular weight excluding hydrogens is 192 g/mol. The minimum Gasteiger partial charge on any atom is -0.615 e. The standard InChI is InChI=1S/C11H12N2O2/c1-3-15-11-8(2)12-9-6-4-5-7-10(9)13(11)14/h4-7H,3H2,1-2H3. The Hall–Kier alpha value is -1.84. The van der Waals surface area contributed by atoms with E-state index in [9.17, 15) is 5.21 Å². The zero-order chi connectivity index (χ0) is 10.8. The molecular formula is C11H12N2O2. The third-order valence-corrected chi connectivity index (χ3v) is 2.16. The molecule has 0 spiro atoms. The quantitative estimate of drug-likeness (QED) is 0.551. The zero-order valence-electron chi connectivity index (χ0n) is 8.73. The average Bonchev–Trinajstić information content (AvgIpc) is 2.24. The molecule has 2 aromatic rings. The van der Waals surface area contributed by atoms with Crippen LogP contribution in [0.2, 0.25) is 0 Å². The molecule has 0 amide bonds. The third kappa shape index (κ3) is 1.58. The van der Waals surface area contributed by atoms with Gasteiger partial charge >= 0.3 is 5.88 Å². The number of para-hydroxylation sites is 2. The Labute approximate surface area is 87.7 Å². The molecule has 0 saturated heterocycles. The van der Waals surface area contributed by atoms with Crippen molar-refractivity contribution in [2.45, 2.75) is 13.8 Å². The lowest BCUT2D eigenvalue weighted by atomic mass is 10.3. The maximum Gasteiger partial charge on any atom is 0.401 e. The maximum atomic E-state index is 11.9. The van der Waals surface area contributed by atoms with Gasteiger partial charge in [-0.05, 0) is 19.9 Å². The van der Waals surface area contributed by atoms with E-state index in [0.29, 0.717) is 23.3 Å². The summed E-state index contributed by atoms with van der Waals surface area (Å²) < 4.78 is 6.06. The first-order valence-corrected chi connectivity index (χ1v) is 4.85. The first-order valence-electron chi connectivity index (χ1n) is 4.85. The minimum atomic E-state index is 0.288. The number of nitrogens with zero attached hydrogens (tertiary/aromatic N) is 2. The molecule has 0 bridgehead atoms. The van der Waals surface area contributed by atoms with Crippen LogP contribution >= 0.6 is 0 Å². The predicted octanol–water partition coefficient (Wildman–Crippen LogP) is 1.58. The fourth-order valence-electron chi connectivity index (χ4n) is 1.52. The van der Waals surface area contributed by atoms with Crippen molar-refractivity contribution in [3.63, 3.8) is 0 Å². The van der Waals surface area contributed by atoms with Crippen LogP contribution in [-0.2, 0) is 0 Å². The smallest absolute Gasteiger partial charge is 0.401 e. The molecule has 0 aliphatic rings. The summed E-state index contributed by atoms with van der Waals surface area (Å²) >= 11 is 0. The molecule has 0 aliphatic heterocycles. The lowest BCUT2D eigenvalue weighted by Gasteiger charge is -2.08. The highest BCUT2D eigenvalue weighted by Crippen LogP contribution is 2.15. The van der Waals surface area contributed by atoms with Crippen LogP contribution in [0.4, 0.5) is 0 Å². The fourth-order valence-corrected chi connectivity index (χ4v) is 1.52. The third-order valence-electron chi connectivity index (χ3n) is 2.16. The highest BCUT2D eigenvalue weighted by Gasteiger charge is 2.16. The highest BCUT2D eigenvalue weighted by atomic mass is 16.5. The van der Waals surface area contributed by atoms with Crippen LogP contribution < -0.4 is 9.47 Å². The first kappa shape index (κ1) is 9.71. The normalized spacial score (nSPS) is 10.5. The van der Waals surface area contributed by atoms with E-state index >= 15 is 0 Å². The summed E-state index contributed by atoms with van der Waals surface area (Å²) in [5.41, 5.74) is 1.84. The Kier molecular flexibility index (Phi) is 2.41.